The molecule has 1 aliphatic rings. The lowest BCUT2D eigenvalue weighted by Crippen LogP contribution is -2.33. The van der Waals surface area contributed by atoms with Crippen LogP contribution >= 0.6 is 23.4 Å². The number of carboxylic acid groups (broad SMARTS) is 1. The van der Waals surface area contributed by atoms with Crippen LogP contribution in [0.1, 0.15) is 32.8 Å². The number of hydrogen-bond donors (Lipinski definition) is 1. The van der Waals surface area contributed by atoms with Crippen molar-refractivity contribution < 1.29 is 29.0 Å². The number of ether oxygens (including phenoxy) is 2. The quantitative estimate of drug-likeness (QED) is 0.643. The number of hydrogen-bond acceptors (Lipinski definition) is 6. The van der Waals surface area contributed by atoms with Crippen molar-refractivity contribution in [1.82, 2.24) is 4.90 Å². The first kappa shape index (κ1) is 21.1. The summed E-state index contributed by atoms with van der Waals surface area (Å²) in [6, 6.07) is 3.27. The van der Waals surface area contributed by atoms with E-state index >= 15 is 0 Å². The summed E-state index contributed by atoms with van der Waals surface area (Å²) in [7, 11) is 0. The molecule has 0 aromatic heterocycles. The van der Waals surface area contributed by atoms with Crippen molar-refractivity contribution in [2.75, 3.05) is 13.2 Å². The Morgan fingerprint density at radius 3 is 2.67 bits per heavy atom. The zero-order chi connectivity index (χ0) is 20.1. The van der Waals surface area contributed by atoms with Gasteiger partial charge < -0.3 is 14.6 Å². The minimum atomic E-state index is -1.26. The van der Waals surface area contributed by atoms with Crippen molar-refractivity contribution in [1.29, 1.82) is 0 Å². The van der Waals surface area contributed by atoms with Crippen LogP contribution in [0.3, 0.4) is 0 Å². The number of amides is 2. The molecular formula is C18H20ClNO6S. The van der Waals surface area contributed by atoms with Crippen molar-refractivity contribution in [3.63, 3.8) is 0 Å². The Morgan fingerprint density at radius 2 is 2.07 bits per heavy atom. The first-order valence-electron chi connectivity index (χ1n) is 8.36. The molecule has 2 rings (SSSR count). The lowest BCUT2D eigenvalue weighted by Gasteiger charge is -2.18. The molecule has 146 valence electrons. The highest BCUT2D eigenvalue weighted by molar-refractivity contribution is 8.18. The number of imide groups is 1. The van der Waals surface area contributed by atoms with E-state index in [1.165, 1.54) is 6.08 Å². The standard InChI is InChI=1S/C18H20ClNO6S/c1-4-10(3)26-16-12(19)6-11(7-13(16)25-5-2)8-14-17(23)20(9-15(21)22)18(24)27-14/h6-8,10H,4-5,9H2,1-3H3,(H,21,22)/b14-8+/t10-/m1/s1. The molecule has 0 unspecified atom stereocenters. The number of carboxylic acids is 1. The molecule has 27 heavy (non-hydrogen) atoms. The average Bonchev–Trinajstić information content (AvgIpc) is 2.85. The van der Waals surface area contributed by atoms with Crippen molar-refractivity contribution in [2.24, 2.45) is 0 Å². The minimum absolute atomic E-state index is 0.0555. The molecule has 9 heteroatoms. The van der Waals surface area contributed by atoms with Gasteiger partial charge in [-0.25, -0.2) is 0 Å². The van der Waals surface area contributed by atoms with Gasteiger partial charge >= 0.3 is 5.97 Å². The van der Waals surface area contributed by atoms with E-state index in [1.807, 2.05) is 20.8 Å². The highest BCUT2D eigenvalue weighted by Crippen LogP contribution is 2.39. The molecule has 1 heterocycles. The third kappa shape index (κ3) is 5.17. The Labute approximate surface area is 166 Å². The van der Waals surface area contributed by atoms with Crippen molar-refractivity contribution in [3.05, 3.63) is 27.6 Å². The van der Waals surface area contributed by atoms with Gasteiger partial charge in [0.25, 0.3) is 11.1 Å². The van der Waals surface area contributed by atoms with E-state index in [-0.39, 0.29) is 11.0 Å². The number of carbonyl (C=O) groups is 3. The van der Waals surface area contributed by atoms with Crippen LogP contribution in [0, 0.1) is 0 Å². The zero-order valence-corrected chi connectivity index (χ0v) is 16.7. The van der Waals surface area contributed by atoms with Crippen LogP contribution in [0.25, 0.3) is 6.08 Å². The Bertz CT molecular complexity index is 794. The van der Waals surface area contributed by atoms with Gasteiger partial charge in [0.1, 0.15) is 6.54 Å². The molecule has 1 atom stereocenters. The van der Waals surface area contributed by atoms with Gasteiger partial charge in [-0.1, -0.05) is 18.5 Å². The Morgan fingerprint density at radius 1 is 1.37 bits per heavy atom. The summed E-state index contributed by atoms with van der Waals surface area (Å²) in [6.07, 6.45) is 2.22. The molecule has 1 aromatic rings. The Hall–Kier alpha value is -2.19. The fourth-order valence-corrected chi connectivity index (χ4v) is 3.36. The summed E-state index contributed by atoms with van der Waals surface area (Å²) in [4.78, 5) is 35.7. The predicted molar refractivity (Wildman–Crippen MR) is 103 cm³/mol. The van der Waals surface area contributed by atoms with Gasteiger partial charge in [-0.2, -0.15) is 0 Å². The molecule has 0 radical (unpaired) electrons. The number of aliphatic carboxylic acids is 1. The summed E-state index contributed by atoms with van der Waals surface area (Å²) < 4.78 is 11.4. The number of thioether (sulfide) groups is 1. The molecule has 0 aliphatic carbocycles. The third-order valence-corrected chi connectivity index (χ3v) is 4.88. The van der Waals surface area contributed by atoms with E-state index < -0.39 is 23.7 Å². The van der Waals surface area contributed by atoms with E-state index in [2.05, 4.69) is 0 Å². The highest BCUT2D eigenvalue weighted by Gasteiger charge is 2.36. The fourth-order valence-electron chi connectivity index (χ4n) is 2.26. The monoisotopic (exact) mass is 413 g/mol. The Kier molecular flexibility index (Phi) is 7.15. The van der Waals surface area contributed by atoms with E-state index in [4.69, 9.17) is 26.2 Å². The molecule has 0 spiro atoms. The smallest absolute Gasteiger partial charge is 0.323 e. The average molecular weight is 414 g/mol. The summed E-state index contributed by atoms with van der Waals surface area (Å²) >= 11 is 7.02. The lowest BCUT2D eigenvalue weighted by atomic mass is 10.1. The van der Waals surface area contributed by atoms with Gasteiger partial charge in [0, 0.05) is 0 Å². The maximum absolute atomic E-state index is 12.3. The second-order valence-corrected chi connectivity index (χ2v) is 7.16. The van der Waals surface area contributed by atoms with Crippen LogP contribution in [0.15, 0.2) is 17.0 Å². The van der Waals surface area contributed by atoms with Gasteiger partial charge in [0.2, 0.25) is 0 Å². The first-order valence-corrected chi connectivity index (χ1v) is 9.56. The van der Waals surface area contributed by atoms with E-state index in [9.17, 15) is 14.4 Å². The van der Waals surface area contributed by atoms with Crippen molar-refractivity contribution >= 4 is 46.6 Å². The summed E-state index contributed by atoms with van der Waals surface area (Å²) in [5.74, 6) is -1.06. The molecule has 1 saturated heterocycles. The maximum Gasteiger partial charge on any atom is 0.323 e. The Balaban J connectivity index is 2.36. The molecular weight excluding hydrogens is 394 g/mol. The van der Waals surface area contributed by atoms with Crippen molar-refractivity contribution in [3.8, 4) is 11.5 Å². The van der Waals surface area contributed by atoms with Gasteiger partial charge in [-0.15, -0.1) is 0 Å². The number of nitrogens with zero attached hydrogens (tertiary/aromatic N) is 1. The largest absolute Gasteiger partial charge is 0.490 e. The van der Waals surface area contributed by atoms with Gasteiger partial charge in [0.05, 0.1) is 22.6 Å². The third-order valence-electron chi connectivity index (χ3n) is 3.69. The van der Waals surface area contributed by atoms with Crippen LogP contribution in [0.5, 0.6) is 11.5 Å². The van der Waals surface area contributed by atoms with E-state index in [0.717, 1.165) is 6.42 Å². The van der Waals surface area contributed by atoms with Crippen LogP contribution in [-0.4, -0.2) is 46.4 Å². The van der Waals surface area contributed by atoms with E-state index in [1.54, 1.807) is 12.1 Å². The van der Waals surface area contributed by atoms with Gasteiger partial charge in [-0.05, 0) is 55.8 Å². The van der Waals surface area contributed by atoms with Crippen LogP contribution in [0.4, 0.5) is 4.79 Å². The second-order valence-electron chi connectivity index (χ2n) is 5.76. The highest BCUT2D eigenvalue weighted by atomic mass is 35.5. The number of rotatable bonds is 8. The van der Waals surface area contributed by atoms with Crippen LogP contribution in [0.2, 0.25) is 5.02 Å². The van der Waals surface area contributed by atoms with Crippen LogP contribution < -0.4 is 9.47 Å². The lowest BCUT2D eigenvalue weighted by molar-refractivity contribution is -0.140. The molecule has 2 amide bonds. The number of carbonyl (C=O) groups excluding carboxylic acids is 2. The maximum atomic E-state index is 12.3. The first-order chi connectivity index (χ1) is 12.8. The molecule has 1 fully saturated rings. The molecule has 7 nitrogen and oxygen atoms in total. The number of benzene rings is 1. The summed E-state index contributed by atoms with van der Waals surface area (Å²) in [6.45, 7) is 5.45. The predicted octanol–water partition coefficient (Wildman–Crippen LogP) is 4.04. The second kappa shape index (κ2) is 9.14. The minimum Gasteiger partial charge on any atom is -0.490 e. The van der Waals surface area contributed by atoms with Crippen molar-refractivity contribution in [2.45, 2.75) is 33.3 Å². The molecule has 1 aliphatic heterocycles. The normalized spacial score (nSPS) is 16.7. The number of halogens is 1. The molecule has 1 N–H and O–H groups in total. The van der Waals surface area contributed by atoms with Crippen LogP contribution in [-0.2, 0) is 9.59 Å². The molecule has 0 bridgehead atoms. The van der Waals surface area contributed by atoms with Gasteiger partial charge in [-0.3, -0.25) is 19.3 Å². The molecule has 0 saturated carbocycles. The molecule has 1 aromatic carbocycles. The topological polar surface area (TPSA) is 93.1 Å². The fraction of sp³-hybridized carbons (Fsp3) is 0.389. The zero-order valence-electron chi connectivity index (χ0n) is 15.2. The SMILES string of the molecule is CCOc1cc(/C=C2/SC(=O)N(CC(=O)O)C2=O)cc(Cl)c1O[C@H](C)CC. The summed E-state index contributed by atoms with van der Waals surface area (Å²) in [5, 5.41) is 8.51. The van der Waals surface area contributed by atoms with E-state index in [0.29, 0.717) is 45.4 Å². The van der Waals surface area contributed by atoms with Gasteiger partial charge in [0.15, 0.2) is 11.5 Å². The summed E-state index contributed by atoms with van der Waals surface area (Å²) in [5.41, 5.74) is 0.542.